The second-order valence-electron chi connectivity index (χ2n) is 10.5. The number of anilines is 2. The van der Waals surface area contributed by atoms with E-state index < -0.39 is 12.0 Å². The van der Waals surface area contributed by atoms with Crippen molar-refractivity contribution in [3.8, 4) is 11.1 Å². The van der Waals surface area contributed by atoms with E-state index in [9.17, 15) is 14.7 Å². The fourth-order valence-electron chi connectivity index (χ4n) is 5.76. The number of aryl methyl sites for hydroxylation is 1. The maximum absolute atomic E-state index is 13.0. The van der Waals surface area contributed by atoms with Crippen LogP contribution in [0.1, 0.15) is 18.7 Å². The predicted octanol–water partition coefficient (Wildman–Crippen LogP) is 5.54. The van der Waals surface area contributed by atoms with Crippen LogP contribution in [0.4, 0.5) is 11.5 Å². The molecule has 204 valence electrons. The minimum absolute atomic E-state index is 0.165. The number of fused-ring (bicyclic) bond motifs is 4. The first-order valence-electron chi connectivity index (χ1n) is 13.4. The molecule has 4 heterocycles. The number of benzene rings is 3. The summed E-state index contributed by atoms with van der Waals surface area (Å²) in [7, 11) is 0. The summed E-state index contributed by atoms with van der Waals surface area (Å²) in [5, 5.41) is 21.9. The number of H-pyrrole nitrogens is 1. The van der Waals surface area contributed by atoms with Crippen molar-refractivity contribution in [2.45, 2.75) is 25.8 Å². The highest BCUT2D eigenvalue weighted by molar-refractivity contribution is 6.06. The van der Waals surface area contributed by atoms with Gasteiger partial charge in [-0.1, -0.05) is 30.3 Å². The van der Waals surface area contributed by atoms with Crippen molar-refractivity contribution >= 4 is 56.4 Å². The molecule has 1 amide bonds. The van der Waals surface area contributed by atoms with E-state index in [-0.39, 0.29) is 18.2 Å². The second-order valence-corrected chi connectivity index (χ2v) is 10.5. The molecule has 3 aromatic carbocycles. The fourth-order valence-corrected chi connectivity index (χ4v) is 5.76. The van der Waals surface area contributed by atoms with Gasteiger partial charge < -0.3 is 19.7 Å². The number of carbonyl (C=O) groups excluding carboxylic acids is 1. The van der Waals surface area contributed by atoms with Gasteiger partial charge in [0.2, 0.25) is 5.91 Å². The lowest BCUT2D eigenvalue weighted by molar-refractivity contribution is -0.138. The molecule has 2 atom stereocenters. The number of hydrogen-bond acceptors (Lipinski definition) is 7. The summed E-state index contributed by atoms with van der Waals surface area (Å²) < 4.78 is 6.09. The molecule has 10 nitrogen and oxygen atoms in total. The van der Waals surface area contributed by atoms with E-state index in [1.807, 2.05) is 60.7 Å². The minimum Gasteiger partial charge on any atom is -0.480 e. The maximum atomic E-state index is 13.0. The zero-order valence-electron chi connectivity index (χ0n) is 22.2. The fraction of sp³-hybridized carbons (Fsp3) is 0.194. The quantitative estimate of drug-likeness (QED) is 0.248. The van der Waals surface area contributed by atoms with Gasteiger partial charge in [0, 0.05) is 29.4 Å². The topological polar surface area (TPSA) is 137 Å². The van der Waals surface area contributed by atoms with Crippen LogP contribution in [0.2, 0.25) is 0 Å². The standard InChI is InChI=1S/C31H26N6O4/c1-17-33-28-23-4-2-3-5-26(23)41-29(28)30(34-17)37-16-18(12-25(37)31(39)40)13-27(38)35-22-9-6-19(7-10-22)20-8-11-24-21(14-20)15-32-36-24/h2-11,14-15,18,25H,12-13,16H2,1H3,(H,32,36)(H,35,38)(H,39,40)/t18-,25+/m1/s1. The van der Waals surface area contributed by atoms with Crippen LogP contribution >= 0.6 is 0 Å². The van der Waals surface area contributed by atoms with Crippen LogP contribution in [0.5, 0.6) is 0 Å². The Labute approximate surface area is 234 Å². The van der Waals surface area contributed by atoms with Gasteiger partial charge >= 0.3 is 5.97 Å². The van der Waals surface area contributed by atoms with Gasteiger partial charge in [0.05, 0.1) is 11.7 Å². The number of aromatic amines is 1. The molecule has 0 aliphatic carbocycles. The SMILES string of the molecule is Cc1nc(N2C[C@@H](CC(=O)Nc3ccc(-c4ccc5[nH]ncc5c4)cc3)C[C@H]2C(=O)O)c2oc3ccccc3c2n1. The molecule has 0 saturated carbocycles. The highest BCUT2D eigenvalue weighted by Gasteiger charge is 2.40. The van der Waals surface area contributed by atoms with E-state index in [4.69, 9.17) is 4.42 Å². The van der Waals surface area contributed by atoms with Crippen LogP contribution in [0, 0.1) is 12.8 Å². The van der Waals surface area contributed by atoms with E-state index in [1.165, 1.54) is 0 Å². The molecule has 1 saturated heterocycles. The lowest BCUT2D eigenvalue weighted by atomic mass is 10.0. The van der Waals surface area contributed by atoms with E-state index in [1.54, 1.807) is 18.0 Å². The summed E-state index contributed by atoms with van der Waals surface area (Å²) in [6, 6.07) is 20.5. The van der Waals surface area contributed by atoms with Crippen molar-refractivity contribution < 1.29 is 19.1 Å². The normalized spacial score (nSPS) is 17.0. The van der Waals surface area contributed by atoms with Crippen LogP contribution < -0.4 is 10.2 Å². The number of para-hydroxylation sites is 1. The molecule has 1 fully saturated rings. The van der Waals surface area contributed by atoms with Gasteiger partial charge in [-0.05, 0) is 66.8 Å². The first-order chi connectivity index (χ1) is 19.9. The van der Waals surface area contributed by atoms with E-state index in [2.05, 4.69) is 31.5 Å². The summed E-state index contributed by atoms with van der Waals surface area (Å²) in [5.41, 5.74) is 5.52. The van der Waals surface area contributed by atoms with E-state index >= 15 is 0 Å². The highest BCUT2D eigenvalue weighted by Crippen LogP contribution is 2.38. The number of carboxylic acids is 1. The molecule has 41 heavy (non-hydrogen) atoms. The summed E-state index contributed by atoms with van der Waals surface area (Å²) in [5.74, 6) is -0.327. The van der Waals surface area contributed by atoms with Crippen molar-refractivity contribution in [1.82, 2.24) is 20.2 Å². The Balaban J connectivity index is 1.08. The number of furan rings is 1. The van der Waals surface area contributed by atoms with Gasteiger partial charge in [0.15, 0.2) is 11.4 Å². The van der Waals surface area contributed by atoms with Crippen molar-refractivity contribution in [1.29, 1.82) is 0 Å². The van der Waals surface area contributed by atoms with Crippen LogP contribution in [0.15, 0.2) is 77.3 Å². The molecular formula is C31H26N6O4. The molecule has 0 radical (unpaired) electrons. The Hall–Kier alpha value is -5.25. The van der Waals surface area contributed by atoms with Crippen LogP contribution in [-0.4, -0.2) is 49.7 Å². The first-order valence-corrected chi connectivity index (χ1v) is 13.4. The average molecular weight is 547 g/mol. The number of hydrogen-bond donors (Lipinski definition) is 3. The molecule has 10 heteroatoms. The van der Waals surface area contributed by atoms with Crippen LogP contribution in [0.3, 0.4) is 0 Å². The summed E-state index contributed by atoms with van der Waals surface area (Å²) >= 11 is 0. The third-order valence-electron chi connectivity index (χ3n) is 7.67. The van der Waals surface area contributed by atoms with Gasteiger partial charge in [-0.25, -0.2) is 14.8 Å². The van der Waals surface area contributed by atoms with E-state index in [0.29, 0.717) is 47.0 Å². The van der Waals surface area contributed by atoms with Crippen LogP contribution in [-0.2, 0) is 9.59 Å². The zero-order chi connectivity index (χ0) is 28.1. The lowest BCUT2D eigenvalue weighted by Crippen LogP contribution is -2.36. The molecule has 0 bridgehead atoms. The predicted molar refractivity (Wildman–Crippen MR) is 156 cm³/mol. The Bertz CT molecular complexity index is 1940. The van der Waals surface area contributed by atoms with Gasteiger partial charge in [-0.2, -0.15) is 5.10 Å². The first kappa shape index (κ1) is 24.8. The van der Waals surface area contributed by atoms with Crippen molar-refractivity contribution in [3.05, 3.63) is 78.8 Å². The van der Waals surface area contributed by atoms with Gasteiger partial charge in [0.1, 0.15) is 23.0 Å². The van der Waals surface area contributed by atoms with Gasteiger partial charge in [-0.15, -0.1) is 0 Å². The maximum Gasteiger partial charge on any atom is 0.326 e. The monoisotopic (exact) mass is 546 g/mol. The van der Waals surface area contributed by atoms with E-state index in [0.717, 1.165) is 27.4 Å². The molecule has 1 aliphatic heterocycles. The molecule has 7 rings (SSSR count). The average Bonchev–Trinajstić information content (AvgIpc) is 3.70. The minimum atomic E-state index is -0.961. The summed E-state index contributed by atoms with van der Waals surface area (Å²) in [6.07, 6.45) is 2.30. The largest absolute Gasteiger partial charge is 0.480 e. The molecule has 0 spiro atoms. The Kier molecular flexibility index (Phi) is 5.88. The zero-order valence-corrected chi connectivity index (χ0v) is 22.2. The number of nitrogens with one attached hydrogen (secondary N) is 2. The number of amides is 1. The molecule has 3 aromatic heterocycles. The summed E-state index contributed by atoms with van der Waals surface area (Å²) in [4.78, 5) is 36.2. The number of aliphatic carboxylic acids is 1. The molecule has 6 aromatic rings. The van der Waals surface area contributed by atoms with Crippen molar-refractivity contribution in [2.24, 2.45) is 5.92 Å². The van der Waals surface area contributed by atoms with Gasteiger partial charge in [-0.3, -0.25) is 9.89 Å². The third kappa shape index (κ3) is 4.53. The van der Waals surface area contributed by atoms with Gasteiger partial charge in [0.25, 0.3) is 0 Å². The van der Waals surface area contributed by atoms with Crippen LogP contribution in [0.25, 0.3) is 44.1 Å². The Morgan fingerprint density at radius 3 is 2.71 bits per heavy atom. The molecular weight excluding hydrogens is 520 g/mol. The number of carboxylic acid groups (broad SMARTS) is 1. The second kappa shape index (κ2) is 9.74. The Morgan fingerprint density at radius 2 is 1.88 bits per heavy atom. The molecule has 1 aliphatic rings. The molecule has 0 unspecified atom stereocenters. The third-order valence-corrected chi connectivity index (χ3v) is 7.67. The number of carbonyl (C=O) groups is 2. The molecule has 3 N–H and O–H groups in total. The number of rotatable bonds is 6. The summed E-state index contributed by atoms with van der Waals surface area (Å²) in [6.45, 7) is 2.14. The van der Waals surface area contributed by atoms with Crippen molar-refractivity contribution in [2.75, 3.05) is 16.8 Å². The smallest absolute Gasteiger partial charge is 0.326 e. The highest BCUT2D eigenvalue weighted by atomic mass is 16.4. The number of nitrogens with zero attached hydrogens (tertiary/aromatic N) is 4. The van der Waals surface area contributed by atoms with Crippen molar-refractivity contribution in [3.63, 3.8) is 0 Å². The Morgan fingerprint density at radius 1 is 1.07 bits per heavy atom. The number of aromatic nitrogens is 4. The lowest BCUT2D eigenvalue weighted by Gasteiger charge is -2.22.